The van der Waals surface area contributed by atoms with Gasteiger partial charge in [-0.1, -0.05) is 32.4 Å². The minimum atomic E-state index is -1.65. The highest BCUT2D eigenvalue weighted by atomic mass is 16.7. The van der Waals surface area contributed by atoms with E-state index in [4.69, 9.17) is 14.2 Å². The summed E-state index contributed by atoms with van der Waals surface area (Å²) in [4.78, 5) is 54.6. The van der Waals surface area contributed by atoms with E-state index in [1.165, 1.54) is 10.5 Å². The molecule has 0 spiro atoms. The first-order valence-electron chi connectivity index (χ1n) is 15.1. The second-order valence-corrected chi connectivity index (χ2v) is 12.1. The van der Waals surface area contributed by atoms with E-state index in [0.717, 1.165) is 32.1 Å². The summed E-state index contributed by atoms with van der Waals surface area (Å²) in [5, 5.41) is 0. The van der Waals surface area contributed by atoms with Gasteiger partial charge in [-0.2, -0.15) is 0 Å². The van der Waals surface area contributed by atoms with Crippen molar-refractivity contribution < 1.29 is 33.4 Å². The first-order chi connectivity index (χ1) is 18.6. The Morgan fingerprint density at radius 2 is 1.72 bits per heavy atom. The number of cyclic esters (lactones) is 1. The fourth-order valence-electron chi connectivity index (χ4n) is 6.09. The second-order valence-electron chi connectivity index (χ2n) is 12.1. The van der Waals surface area contributed by atoms with Crippen LogP contribution in [0.25, 0.3) is 0 Å². The van der Waals surface area contributed by atoms with E-state index in [1.54, 1.807) is 6.92 Å². The molecule has 3 aliphatic heterocycles. The van der Waals surface area contributed by atoms with Crippen LogP contribution in [0.15, 0.2) is 11.6 Å². The zero-order valence-corrected chi connectivity index (χ0v) is 24.7. The Morgan fingerprint density at radius 3 is 2.46 bits per heavy atom. The number of hydrogen-bond donors (Lipinski definition) is 0. The molecular formula is C31H49NO7. The van der Waals surface area contributed by atoms with Gasteiger partial charge in [-0.3, -0.25) is 14.4 Å². The lowest BCUT2D eigenvalue weighted by molar-refractivity contribution is -0.283. The zero-order chi connectivity index (χ0) is 28.6. The smallest absolute Gasteiger partial charge is 0.328 e. The lowest BCUT2D eigenvalue weighted by atomic mass is 9.84. The topological polar surface area (TPSA) is 99.2 Å². The van der Waals surface area contributed by atoms with E-state index in [2.05, 4.69) is 13.8 Å². The Labute approximate surface area is 234 Å². The molecule has 0 radical (unpaired) electrons. The van der Waals surface area contributed by atoms with E-state index in [1.807, 2.05) is 19.9 Å². The number of fused-ring (bicyclic) bond motifs is 3. The lowest BCUT2D eigenvalue weighted by Crippen LogP contribution is -2.61. The highest BCUT2D eigenvalue weighted by Gasteiger charge is 2.54. The van der Waals surface area contributed by atoms with E-state index in [0.29, 0.717) is 51.0 Å². The fraction of sp³-hybridized carbons (Fsp3) is 0.806. The minimum absolute atomic E-state index is 0.0149. The zero-order valence-electron chi connectivity index (χ0n) is 24.7. The molecule has 0 saturated carbocycles. The summed E-state index contributed by atoms with van der Waals surface area (Å²) in [6.45, 7) is 10.7. The summed E-state index contributed by atoms with van der Waals surface area (Å²) in [5.74, 6) is -3.28. The van der Waals surface area contributed by atoms with Crippen LogP contribution < -0.4 is 0 Å². The molecule has 3 aliphatic rings. The van der Waals surface area contributed by atoms with Crippen molar-refractivity contribution in [2.75, 3.05) is 19.8 Å². The van der Waals surface area contributed by atoms with E-state index in [9.17, 15) is 19.2 Å². The Kier molecular flexibility index (Phi) is 11.7. The van der Waals surface area contributed by atoms with Crippen LogP contribution in [0.4, 0.5) is 0 Å². The van der Waals surface area contributed by atoms with Gasteiger partial charge < -0.3 is 19.1 Å². The van der Waals surface area contributed by atoms with Crippen LogP contribution in [0.5, 0.6) is 0 Å². The highest BCUT2D eigenvalue weighted by molar-refractivity contribution is 6.39. The summed E-state index contributed by atoms with van der Waals surface area (Å²) in [6, 6.07) is -0.805. The van der Waals surface area contributed by atoms with Crippen LogP contribution in [0.1, 0.15) is 105 Å². The van der Waals surface area contributed by atoms with Gasteiger partial charge in [0.2, 0.25) is 5.79 Å². The van der Waals surface area contributed by atoms with Crippen LogP contribution in [0, 0.1) is 17.8 Å². The number of allylic oxidation sites excluding steroid dienone is 2. The van der Waals surface area contributed by atoms with Gasteiger partial charge in [0.15, 0.2) is 0 Å². The molecule has 6 atom stereocenters. The molecule has 0 N–H and O–H groups in total. The summed E-state index contributed by atoms with van der Waals surface area (Å²) >= 11 is 0. The van der Waals surface area contributed by atoms with Crippen molar-refractivity contribution in [2.45, 2.75) is 123 Å². The average molecular weight is 548 g/mol. The van der Waals surface area contributed by atoms with Crippen molar-refractivity contribution in [2.24, 2.45) is 17.8 Å². The van der Waals surface area contributed by atoms with Gasteiger partial charge in [0.05, 0.1) is 12.7 Å². The fourth-order valence-corrected chi connectivity index (χ4v) is 6.09. The maximum absolute atomic E-state index is 13.9. The maximum Gasteiger partial charge on any atom is 0.328 e. The normalized spacial score (nSPS) is 36.3. The van der Waals surface area contributed by atoms with Gasteiger partial charge in [0, 0.05) is 31.9 Å². The molecule has 3 rings (SSSR count). The lowest BCUT2D eigenvalue weighted by Gasteiger charge is -2.45. The standard InChI is InChI=1S/C31H49NO7/c1-6-38-31-24(5)13-17-26(39-31)16-12-22(3)19-21(2)10-14-25(33)15-11-23(4)20-37-30(36)27-9-7-8-18-32(27)29(35)28(31)34/h10,22-24,26-27H,6-9,11-20H2,1-5H3/b21-10-. The van der Waals surface area contributed by atoms with Crippen molar-refractivity contribution >= 4 is 23.4 Å². The van der Waals surface area contributed by atoms with Gasteiger partial charge in [-0.15, -0.1) is 0 Å². The third-order valence-electron chi connectivity index (χ3n) is 8.57. The van der Waals surface area contributed by atoms with E-state index < -0.39 is 29.5 Å². The number of carbonyl (C=O) groups excluding carboxylic acids is 4. The SMILES string of the molecule is CCOC12OC(CCC(C)C/C(C)=C\CC(=O)CCC(C)COC(=O)C3CCCCN3C(=O)C1=O)CCC2C. The summed E-state index contributed by atoms with van der Waals surface area (Å²) in [5.41, 5.74) is 1.20. The van der Waals surface area contributed by atoms with Gasteiger partial charge in [0.25, 0.3) is 11.7 Å². The minimum Gasteiger partial charge on any atom is -0.464 e. The third kappa shape index (κ3) is 8.23. The van der Waals surface area contributed by atoms with Crippen LogP contribution in [-0.4, -0.2) is 66.0 Å². The predicted molar refractivity (Wildman–Crippen MR) is 148 cm³/mol. The molecule has 3 heterocycles. The second kappa shape index (κ2) is 14.5. The van der Waals surface area contributed by atoms with Gasteiger partial charge >= 0.3 is 5.97 Å². The first kappa shape index (κ1) is 31.5. The van der Waals surface area contributed by atoms with Crippen molar-refractivity contribution in [3.05, 3.63) is 11.6 Å². The quantitative estimate of drug-likeness (QED) is 0.267. The molecule has 2 bridgehead atoms. The van der Waals surface area contributed by atoms with Gasteiger partial charge in [-0.05, 0) is 83.5 Å². The van der Waals surface area contributed by atoms with Crippen molar-refractivity contribution in [3.63, 3.8) is 0 Å². The van der Waals surface area contributed by atoms with E-state index in [-0.39, 0.29) is 36.9 Å². The molecule has 8 nitrogen and oxygen atoms in total. The summed E-state index contributed by atoms with van der Waals surface area (Å²) in [6.07, 6.45) is 9.34. The van der Waals surface area contributed by atoms with Crippen LogP contribution in [0.3, 0.4) is 0 Å². The number of amides is 1. The van der Waals surface area contributed by atoms with Crippen LogP contribution >= 0.6 is 0 Å². The molecule has 2 fully saturated rings. The predicted octanol–water partition coefficient (Wildman–Crippen LogP) is 5.17. The number of ether oxygens (including phenoxy) is 3. The molecule has 0 aromatic heterocycles. The molecule has 2 saturated heterocycles. The number of nitrogens with zero attached hydrogens (tertiary/aromatic N) is 1. The van der Waals surface area contributed by atoms with Crippen molar-refractivity contribution in [1.82, 2.24) is 4.90 Å². The Balaban J connectivity index is 1.87. The molecule has 0 aromatic carbocycles. The molecule has 220 valence electrons. The summed E-state index contributed by atoms with van der Waals surface area (Å²) < 4.78 is 18.1. The maximum atomic E-state index is 13.9. The number of hydrogen-bond acceptors (Lipinski definition) is 7. The molecule has 1 amide bonds. The largest absolute Gasteiger partial charge is 0.464 e. The monoisotopic (exact) mass is 547 g/mol. The van der Waals surface area contributed by atoms with Crippen LogP contribution in [0.2, 0.25) is 0 Å². The van der Waals surface area contributed by atoms with Gasteiger partial charge in [0.1, 0.15) is 11.8 Å². The Hall–Kier alpha value is -2.06. The molecule has 0 aliphatic carbocycles. The number of ketones is 2. The third-order valence-corrected chi connectivity index (χ3v) is 8.57. The van der Waals surface area contributed by atoms with E-state index >= 15 is 0 Å². The molecule has 0 aromatic rings. The number of Topliss-reactive ketones (excluding diaryl/α,β-unsaturated/α-hetero) is 2. The molecular weight excluding hydrogens is 498 g/mol. The summed E-state index contributed by atoms with van der Waals surface area (Å²) in [7, 11) is 0. The Morgan fingerprint density at radius 1 is 0.974 bits per heavy atom. The number of carbonyl (C=O) groups is 4. The first-order valence-corrected chi connectivity index (χ1v) is 15.1. The van der Waals surface area contributed by atoms with Crippen LogP contribution in [-0.2, 0) is 33.4 Å². The highest BCUT2D eigenvalue weighted by Crippen LogP contribution is 2.39. The number of rotatable bonds is 2. The van der Waals surface area contributed by atoms with Crippen molar-refractivity contribution in [3.8, 4) is 0 Å². The number of piperidine rings is 1. The van der Waals surface area contributed by atoms with Crippen molar-refractivity contribution in [1.29, 1.82) is 0 Å². The molecule has 6 unspecified atom stereocenters. The average Bonchev–Trinajstić information content (AvgIpc) is 2.92. The molecule has 39 heavy (non-hydrogen) atoms. The number of esters is 1. The Bertz CT molecular complexity index is 915. The van der Waals surface area contributed by atoms with Gasteiger partial charge in [-0.25, -0.2) is 4.79 Å². The molecule has 8 heteroatoms.